The van der Waals surface area contributed by atoms with E-state index in [1.807, 2.05) is 16.0 Å². The van der Waals surface area contributed by atoms with Crippen LogP contribution in [0.2, 0.25) is 0 Å². The summed E-state index contributed by atoms with van der Waals surface area (Å²) in [5, 5.41) is 98.6. The van der Waals surface area contributed by atoms with Crippen molar-refractivity contribution in [3.05, 3.63) is 0 Å². The number of unbranched alkanes of at least 4 members (excludes halogenated alkanes) is 1. The number of nitrogens with two attached hydrogens (primary N) is 2. The number of carboxylic acids is 2. The predicted molar refractivity (Wildman–Crippen MR) is 259 cm³/mol. The number of aliphatic hydroxyl groups excluding tert-OH is 6. The minimum absolute atomic E-state index is 0.0171. The highest BCUT2D eigenvalue weighted by Gasteiger charge is 2.39. The summed E-state index contributed by atoms with van der Waals surface area (Å²) in [7, 11) is 0. The third-order valence-corrected chi connectivity index (χ3v) is 11.5. The van der Waals surface area contributed by atoms with Crippen molar-refractivity contribution in [3.8, 4) is 0 Å². The van der Waals surface area contributed by atoms with Crippen LogP contribution in [0.1, 0.15) is 65.7 Å². The van der Waals surface area contributed by atoms with Crippen molar-refractivity contribution < 1.29 is 103 Å². The van der Waals surface area contributed by atoms with Crippen LogP contribution >= 0.6 is 0 Å². The molecule has 0 spiro atoms. The molecule has 436 valence electrons. The first kappa shape index (κ1) is 67.8. The fourth-order valence-corrected chi connectivity index (χ4v) is 6.98. The molecule has 22 N–H and O–H groups in total. The number of nitrogens with zero attached hydrogens (tertiary/aromatic N) is 1. The van der Waals surface area contributed by atoms with Gasteiger partial charge in [-0.25, -0.2) is 4.79 Å². The first-order chi connectivity index (χ1) is 36.2. The van der Waals surface area contributed by atoms with Gasteiger partial charge in [-0.3, -0.25) is 57.5 Å². The van der Waals surface area contributed by atoms with Gasteiger partial charge in [-0.1, -0.05) is 0 Å². The predicted octanol–water partition coefficient (Wildman–Crippen LogP) is -11.8. The number of hydrogen-bond acceptors (Lipinski definition) is 21. The number of likely N-dealkylation sites (tertiary alicyclic amines) is 1. The monoisotopic (exact) mass is 1110 g/mol. The number of hydrogen-bond donors (Lipinski definition) is 20. The van der Waals surface area contributed by atoms with Crippen LogP contribution in [0.4, 0.5) is 0 Å². The molecule has 0 aromatic heterocycles. The third-order valence-electron chi connectivity index (χ3n) is 11.5. The van der Waals surface area contributed by atoms with E-state index >= 15 is 0 Å². The molecule has 0 radical (unpaired) electrons. The van der Waals surface area contributed by atoms with E-state index in [1.54, 1.807) is 0 Å². The van der Waals surface area contributed by atoms with E-state index < -0.39 is 202 Å². The number of rotatable bonds is 35. The molecule has 0 bridgehead atoms. The summed E-state index contributed by atoms with van der Waals surface area (Å²) in [4.78, 5) is 167. The average molecular weight is 1110 g/mol. The van der Waals surface area contributed by atoms with Crippen LogP contribution in [0.15, 0.2) is 0 Å². The SMILES string of the molecule is C[C@H](NC(=O)[C@H](CCC(=O)O)NC(=O)[C@H](CO)NC(=O)[C@H](CO)NC(=O)[C@H](CO)NC(=O)[C@@H]1CCCN1C(=O)[C@H](C)NC(=O)[C@H](C)NC(=O)[C@H](CO)NC(=O)[C@H](CO)NC(=O)[C@@H](N)CO)C(=O)N[C@@H](CCCCN)C(=O)O. The van der Waals surface area contributed by atoms with E-state index in [-0.39, 0.29) is 32.4 Å². The largest absolute Gasteiger partial charge is 0.481 e. The summed E-state index contributed by atoms with van der Waals surface area (Å²) in [5.74, 6) is -14.7. The van der Waals surface area contributed by atoms with Gasteiger partial charge in [-0.2, -0.15) is 0 Å². The maximum Gasteiger partial charge on any atom is 0.326 e. The molecule has 0 saturated carbocycles. The molecular weight excluding hydrogens is 1030 g/mol. The number of carbonyl (C=O) groups is 13. The second kappa shape index (κ2) is 34.5. The lowest BCUT2D eigenvalue weighted by atomic mass is 10.1. The molecule has 12 atom stereocenters. The average Bonchev–Trinajstić information content (AvgIpc) is 3.89. The van der Waals surface area contributed by atoms with Crippen LogP contribution in [-0.2, 0) is 62.3 Å². The van der Waals surface area contributed by atoms with Gasteiger partial charge in [0.15, 0.2) is 0 Å². The molecule has 0 aromatic rings. The minimum atomic E-state index is -1.93. The number of carbonyl (C=O) groups excluding carboxylic acids is 11. The molecule has 1 rings (SSSR count). The van der Waals surface area contributed by atoms with Gasteiger partial charge in [0.05, 0.1) is 39.6 Å². The molecule has 11 amide bonds. The minimum Gasteiger partial charge on any atom is -0.481 e. The summed E-state index contributed by atoms with van der Waals surface area (Å²) in [6, 6.07) is -19.0. The van der Waals surface area contributed by atoms with Crippen molar-refractivity contribution >= 4 is 76.9 Å². The Hall–Kier alpha value is -7.21. The van der Waals surface area contributed by atoms with Crippen LogP contribution in [0.25, 0.3) is 0 Å². The van der Waals surface area contributed by atoms with E-state index in [0.717, 1.165) is 4.90 Å². The number of amides is 11. The van der Waals surface area contributed by atoms with Crippen molar-refractivity contribution in [2.24, 2.45) is 11.5 Å². The number of aliphatic carboxylic acids is 2. The zero-order valence-electron chi connectivity index (χ0n) is 42.5. The Kier molecular flexibility index (Phi) is 30.3. The fourth-order valence-electron chi connectivity index (χ4n) is 6.98. The first-order valence-electron chi connectivity index (χ1n) is 24.1. The van der Waals surface area contributed by atoms with Crippen LogP contribution in [0.3, 0.4) is 0 Å². The van der Waals surface area contributed by atoms with Gasteiger partial charge >= 0.3 is 11.9 Å². The van der Waals surface area contributed by atoms with Crippen molar-refractivity contribution in [3.63, 3.8) is 0 Å². The lowest BCUT2D eigenvalue weighted by Gasteiger charge is -2.29. The summed E-state index contributed by atoms with van der Waals surface area (Å²) in [6.07, 6.45) is -0.179. The highest BCUT2D eigenvalue weighted by molar-refractivity contribution is 5.99. The molecule has 0 unspecified atom stereocenters. The van der Waals surface area contributed by atoms with Gasteiger partial charge in [0, 0.05) is 13.0 Å². The second-order valence-electron chi connectivity index (χ2n) is 17.6. The maximum absolute atomic E-state index is 13.5. The molecular formula is C43H73N13O21. The van der Waals surface area contributed by atoms with Crippen molar-refractivity contribution in [1.82, 2.24) is 58.1 Å². The van der Waals surface area contributed by atoms with Gasteiger partial charge < -0.3 is 110 Å². The molecule has 1 heterocycles. The quantitative estimate of drug-likeness (QED) is 0.0262. The normalized spacial score (nSPS) is 17.3. The fraction of sp³-hybridized carbons (Fsp3) is 0.698. The van der Waals surface area contributed by atoms with E-state index in [4.69, 9.17) is 16.6 Å². The Morgan fingerprint density at radius 1 is 0.468 bits per heavy atom. The van der Waals surface area contributed by atoms with Crippen LogP contribution in [0, 0.1) is 0 Å². The number of carboxylic acid groups (broad SMARTS) is 2. The standard InChI is InChI=1S/C43H73N13O21/c1-19(47-36(69)25(14-58)52-38(71)26(15-59)51-34(67)22(45)13-57)32(65)48-21(3)42(75)56-12-6-8-30(56)41(74)55-29(18-62)40(73)54-28(17-61)39(72)53-27(16-60)37(70)49-23(9-10-31(63)64)35(68)46-20(2)33(66)50-24(43(76)77)7-4-5-11-44/h19-30,57-62H,4-18,44-45H2,1-3H3,(H,46,68)(H,47,69)(H,48,65)(H,49,70)(H,50,66)(H,51,67)(H,52,71)(H,53,72)(H,54,73)(H,55,74)(H,63,64)(H,76,77)/t19-,20-,21-,22-,23-,24-,25-,26-,27-,28-,29-,30-/m0/s1. The topological polar surface area (TPSA) is 559 Å². The highest BCUT2D eigenvalue weighted by Crippen LogP contribution is 2.19. The molecule has 1 fully saturated rings. The third kappa shape index (κ3) is 22.5. The lowest BCUT2D eigenvalue weighted by molar-refractivity contribution is -0.142. The van der Waals surface area contributed by atoms with Gasteiger partial charge in [0.1, 0.15) is 72.5 Å². The van der Waals surface area contributed by atoms with Gasteiger partial charge in [0.25, 0.3) is 0 Å². The zero-order valence-corrected chi connectivity index (χ0v) is 42.5. The Labute approximate surface area is 439 Å². The van der Waals surface area contributed by atoms with Gasteiger partial charge in [0.2, 0.25) is 65.0 Å². The van der Waals surface area contributed by atoms with E-state index in [1.165, 1.54) is 20.8 Å². The maximum atomic E-state index is 13.5. The van der Waals surface area contributed by atoms with Gasteiger partial charge in [-0.15, -0.1) is 0 Å². The summed E-state index contributed by atoms with van der Waals surface area (Å²) in [5.41, 5.74) is 10.8. The molecule has 1 saturated heterocycles. The molecule has 1 aliphatic rings. The summed E-state index contributed by atoms with van der Waals surface area (Å²) >= 11 is 0. The molecule has 34 nitrogen and oxygen atoms in total. The van der Waals surface area contributed by atoms with Crippen molar-refractivity contribution in [2.75, 3.05) is 52.7 Å². The molecule has 34 heteroatoms. The second-order valence-corrected chi connectivity index (χ2v) is 17.6. The van der Waals surface area contributed by atoms with Crippen molar-refractivity contribution in [1.29, 1.82) is 0 Å². The van der Waals surface area contributed by atoms with Crippen LogP contribution in [0.5, 0.6) is 0 Å². The Balaban J connectivity index is 2.97. The van der Waals surface area contributed by atoms with E-state index in [9.17, 15) is 98.1 Å². The Morgan fingerprint density at radius 2 is 0.844 bits per heavy atom. The number of aliphatic hydroxyl groups is 6. The lowest BCUT2D eigenvalue weighted by Crippen LogP contribution is -2.61. The first-order valence-corrected chi connectivity index (χ1v) is 24.1. The van der Waals surface area contributed by atoms with Crippen molar-refractivity contribution in [2.45, 2.75) is 138 Å². The molecule has 77 heavy (non-hydrogen) atoms. The highest BCUT2D eigenvalue weighted by atomic mass is 16.4. The molecule has 0 aromatic carbocycles. The smallest absolute Gasteiger partial charge is 0.326 e. The summed E-state index contributed by atoms with van der Waals surface area (Å²) in [6.45, 7) is -2.38. The Morgan fingerprint density at radius 3 is 1.26 bits per heavy atom. The summed E-state index contributed by atoms with van der Waals surface area (Å²) < 4.78 is 0. The number of nitrogens with one attached hydrogen (secondary N) is 10. The molecule has 0 aliphatic carbocycles. The molecule has 1 aliphatic heterocycles. The van der Waals surface area contributed by atoms with Gasteiger partial charge in [-0.05, 0) is 65.8 Å². The zero-order chi connectivity index (χ0) is 58.7. The van der Waals surface area contributed by atoms with Crippen LogP contribution in [-0.4, -0.2) is 248 Å². The van der Waals surface area contributed by atoms with E-state index in [2.05, 4.69) is 37.2 Å². The Bertz CT molecular complexity index is 2090. The van der Waals surface area contributed by atoms with E-state index in [0.29, 0.717) is 12.8 Å². The van der Waals surface area contributed by atoms with Crippen LogP contribution < -0.4 is 64.6 Å².